The van der Waals surface area contributed by atoms with Gasteiger partial charge in [-0.1, -0.05) is 6.07 Å². The van der Waals surface area contributed by atoms with E-state index in [1.54, 1.807) is 24.4 Å². The molecule has 1 fully saturated rings. The molecule has 0 atom stereocenters. The fourth-order valence-electron chi connectivity index (χ4n) is 2.78. The van der Waals surface area contributed by atoms with Crippen molar-refractivity contribution in [3.05, 3.63) is 53.9 Å². The zero-order valence-corrected chi connectivity index (χ0v) is 15.2. The molecular weight excluding hydrogens is 356 g/mol. The summed E-state index contributed by atoms with van der Waals surface area (Å²) in [5.41, 5.74) is 0.763. The molecule has 1 aliphatic rings. The lowest BCUT2D eigenvalue weighted by atomic mass is 10.2. The van der Waals surface area contributed by atoms with Gasteiger partial charge >= 0.3 is 5.97 Å². The van der Waals surface area contributed by atoms with Crippen LogP contribution in [0.4, 0.5) is 0 Å². The summed E-state index contributed by atoms with van der Waals surface area (Å²) in [5, 5.41) is 0. The summed E-state index contributed by atoms with van der Waals surface area (Å²) in [4.78, 5) is 16.4. The lowest BCUT2D eigenvalue weighted by Crippen LogP contribution is -2.28. The van der Waals surface area contributed by atoms with E-state index in [4.69, 9.17) is 9.47 Å². The number of carbonyl (C=O) groups excluding carboxylic acids is 1. The number of carbonyl (C=O) groups is 1. The highest BCUT2D eigenvalue weighted by Gasteiger charge is 2.30. The van der Waals surface area contributed by atoms with Crippen LogP contribution >= 0.6 is 0 Å². The van der Waals surface area contributed by atoms with E-state index in [0.29, 0.717) is 18.8 Å². The van der Waals surface area contributed by atoms with Crippen molar-refractivity contribution in [1.82, 2.24) is 9.29 Å². The second-order valence-electron chi connectivity index (χ2n) is 5.87. The molecule has 138 valence electrons. The van der Waals surface area contributed by atoms with Gasteiger partial charge in [0.2, 0.25) is 10.0 Å². The summed E-state index contributed by atoms with van der Waals surface area (Å²) in [6.07, 6.45) is 3.26. The van der Waals surface area contributed by atoms with E-state index in [-0.39, 0.29) is 22.8 Å². The summed E-state index contributed by atoms with van der Waals surface area (Å²) in [5.74, 6) is -0.408. The van der Waals surface area contributed by atoms with Gasteiger partial charge in [-0.3, -0.25) is 4.98 Å². The normalized spacial score (nSPS) is 15.0. The maximum absolute atomic E-state index is 12.9. The minimum absolute atomic E-state index is 0.0138. The first-order valence-corrected chi connectivity index (χ1v) is 9.71. The molecule has 0 radical (unpaired) electrons. The number of sulfonamides is 1. The maximum atomic E-state index is 12.9. The third-order valence-corrected chi connectivity index (χ3v) is 6.08. The average molecular weight is 376 g/mol. The van der Waals surface area contributed by atoms with E-state index in [1.807, 2.05) is 0 Å². The van der Waals surface area contributed by atoms with Crippen LogP contribution < -0.4 is 4.74 Å². The highest BCUT2D eigenvalue weighted by Crippen LogP contribution is 2.30. The molecule has 3 rings (SSSR count). The summed E-state index contributed by atoms with van der Waals surface area (Å²) >= 11 is 0. The Balaban J connectivity index is 1.83. The number of rotatable bonds is 6. The molecule has 1 aliphatic heterocycles. The van der Waals surface area contributed by atoms with Crippen LogP contribution in [0.2, 0.25) is 0 Å². The fraction of sp³-hybridized carbons (Fsp3) is 0.333. The Hall–Kier alpha value is -2.45. The molecule has 8 heteroatoms. The molecule has 1 aromatic carbocycles. The summed E-state index contributed by atoms with van der Waals surface area (Å²) in [7, 11) is -2.32. The number of ether oxygens (including phenoxy) is 2. The summed E-state index contributed by atoms with van der Waals surface area (Å²) < 4.78 is 37.5. The number of hydrogen-bond donors (Lipinski definition) is 0. The first-order valence-electron chi connectivity index (χ1n) is 8.27. The van der Waals surface area contributed by atoms with Crippen molar-refractivity contribution < 1.29 is 22.7 Å². The van der Waals surface area contributed by atoms with E-state index in [1.165, 1.54) is 29.6 Å². The number of esters is 1. The molecule has 0 N–H and O–H groups in total. The second-order valence-corrected chi connectivity index (χ2v) is 7.78. The predicted octanol–water partition coefficient (Wildman–Crippen LogP) is 2.23. The van der Waals surface area contributed by atoms with E-state index >= 15 is 0 Å². The van der Waals surface area contributed by atoms with Crippen LogP contribution in [0.3, 0.4) is 0 Å². The van der Waals surface area contributed by atoms with Crippen LogP contribution in [0.5, 0.6) is 5.75 Å². The molecule has 26 heavy (non-hydrogen) atoms. The van der Waals surface area contributed by atoms with Crippen LogP contribution in [0.15, 0.2) is 47.5 Å². The molecular formula is C18H20N2O5S. The molecule has 0 amide bonds. The largest absolute Gasteiger partial charge is 0.495 e. The molecule has 2 aromatic rings. The standard InChI is InChI=1S/C18H20N2O5S/c1-24-16-8-7-14(18(21)25-13-15-6-2-3-9-19-15)12-17(16)26(22,23)20-10-4-5-11-20/h2-3,6-9,12H,4-5,10-11,13H2,1H3. The van der Waals surface area contributed by atoms with E-state index in [0.717, 1.165) is 12.8 Å². The monoisotopic (exact) mass is 376 g/mol. The Labute approximate surface area is 152 Å². The Morgan fingerprint density at radius 1 is 1.19 bits per heavy atom. The molecule has 7 nitrogen and oxygen atoms in total. The lowest BCUT2D eigenvalue weighted by molar-refractivity contribution is 0.0467. The first-order chi connectivity index (χ1) is 12.5. The van der Waals surface area contributed by atoms with Crippen LogP contribution in [0.25, 0.3) is 0 Å². The number of pyridine rings is 1. The average Bonchev–Trinajstić information content (AvgIpc) is 3.22. The van der Waals surface area contributed by atoms with Crippen molar-refractivity contribution in [2.75, 3.05) is 20.2 Å². The van der Waals surface area contributed by atoms with Crippen LogP contribution in [-0.4, -0.2) is 43.9 Å². The fourth-order valence-corrected chi connectivity index (χ4v) is 4.48. The number of hydrogen-bond acceptors (Lipinski definition) is 6. The van der Waals surface area contributed by atoms with Gasteiger partial charge in [0, 0.05) is 19.3 Å². The molecule has 0 aliphatic carbocycles. The molecule has 1 saturated heterocycles. The van der Waals surface area contributed by atoms with E-state index in [2.05, 4.69) is 4.98 Å². The third-order valence-electron chi connectivity index (χ3n) is 4.16. The first kappa shape index (κ1) is 18.3. The molecule has 0 unspecified atom stereocenters. The van der Waals surface area contributed by atoms with Crippen LogP contribution in [-0.2, 0) is 21.4 Å². The van der Waals surface area contributed by atoms with Crippen molar-refractivity contribution in [3.8, 4) is 5.75 Å². The van der Waals surface area contributed by atoms with Gasteiger partial charge in [-0.05, 0) is 43.2 Å². The van der Waals surface area contributed by atoms with Gasteiger partial charge in [0.1, 0.15) is 17.3 Å². The number of methoxy groups -OCH3 is 1. The summed E-state index contributed by atoms with van der Waals surface area (Å²) in [6, 6.07) is 9.58. The van der Waals surface area contributed by atoms with Gasteiger partial charge in [-0.25, -0.2) is 13.2 Å². The Kier molecular flexibility index (Phi) is 5.53. The van der Waals surface area contributed by atoms with Gasteiger partial charge in [0.15, 0.2) is 0 Å². The van der Waals surface area contributed by atoms with Gasteiger partial charge in [0.05, 0.1) is 18.4 Å². The quantitative estimate of drug-likeness (QED) is 0.719. The summed E-state index contributed by atoms with van der Waals surface area (Å²) in [6.45, 7) is 0.958. The molecule has 0 bridgehead atoms. The van der Waals surface area contributed by atoms with Gasteiger partial charge in [-0.2, -0.15) is 4.31 Å². The van der Waals surface area contributed by atoms with Crippen molar-refractivity contribution in [1.29, 1.82) is 0 Å². The molecule has 0 saturated carbocycles. The minimum Gasteiger partial charge on any atom is -0.495 e. The highest BCUT2D eigenvalue weighted by atomic mass is 32.2. The Bertz CT molecular complexity index is 878. The van der Waals surface area contributed by atoms with Crippen molar-refractivity contribution >= 4 is 16.0 Å². The minimum atomic E-state index is -3.72. The number of aromatic nitrogens is 1. The van der Waals surface area contributed by atoms with Crippen LogP contribution in [0, 0.1) is 0 Å². The van der Waals surface area contributed by atoms with Crippen molar-refractivity contribution in [3.63, 3.8) is 0 Å². The van der Waals surface area contributed by atoms with Gasteiger partial charge in [-0.15, -0.1) is 0 Å². The topological polar surface area (TPSA) is 85.8 Å². The molecule has 0 spiro atoms. The Morgan fingerprint density at radius 2 is 1.96 bits per heavy atom. The maximum Gasteiger partial charge on any atom is 0.338 e. The number of benzene rings is 1. The third kappa shape index (κ3) is 3.86. The van der Waals surface area contributed by atoms with Crippen molar-refractivity contribution in [2.24, 2.45) is 0 Å². The number of nitrogens with zero attached hydrogens (tertiary/aromatic N) is 2. The van der Waals surface area contributed by atoms with Crippen LogP contribution in [0.1, 0.15) is 28.9 Å². The lowest BCUT2D eigenvalue weighted by Gasteiger charge is -2.18. The van der Waals surface area contributed by atoms with Crippen molar-refractivity contribution in [2.45, 2.75) is 24.3 Å². The zero-order chi connectivity index (χ0) is 18.6. The predicted molar refractivity (Wildman–Crippen MR) is 94.3 cm³/mol. The molecule has 1 aromatic heterocycles. The van der Waals surface area contributed by atoms with Gasteiger partial charge < -0.3 is 9.47 Å². The zero-order valence-electron chi connectivity index (χ0n) is 14.4. The second kappa shape index (κ2) is 7.84. The molecule has 2 heterocycles. The SMILES string of the molecule is COc1ccc(C(=O)OCc2ccccn2)cc1S(=O)(=O)N1CCCC1. The van der Waals surface area contributed by atoms with E-state index < -0.39 is 16.0 Å². The van der Waals surface area contributed by atoms with E-state index in [9.17, 15) is 13.2 Å². The van der Waals surface area contributed by atoms with Gasteiger partial charge in [0.25, 0.3) is 0 Å². The smallest absolute Gasteiger partial charge is 0.338 e. The Morgan fingerprint density at radius 3 is 2.62 bits per heavy atom. The highest BCUT2D eigenvalue weighted by molar-refractivity contribution is 7.89.